The summed E-state index contributed by atoms with van der Waals surface area (Å²) in [6.45, 7) is 7.94. The molecular weight excluding hydrogens is 268 g/mol. The molecule has 6 heteroatoms. The van der Waals surface area contributed by atoms with Crippen LogP contribution >= 0.6 is 0 Å². The summed E-state index contributed by atoms with van der Waals surface area (Å²) in [6.07, 6.45) is 2.56. The predicted octanol–water partition coefficient (Wildman–Crippen LogP) is 0.627. The molecule has 1 aromatic rings. The molecule has 0 atom stereocenters. The van der Waals surface area contributed by atoms with Gasteiger partial charge in [-0.05, 0) is 25.7 Å². The summed E-state index contributed by atoms with van der Waals surface area (Å²) >= 11 is 0. The molecule has 1 amide bonds. The van der Waals surface area contributed by atoms with Gasteiger partial charge in [0.25, 0.3) is 0 Å². The number of piperazine rings is 1. The number of nitrogens with one attached hydrogen (secondary N) is 1. The maximum Gasteiger partial charge on any atom is 0.234 e. The van der Waals surface area contributed by atoms with Crippen LogP contribution in [0.5, 0.6) is 0 Å². The van der Waals surface area contributed by atoms with Crippen molar-refractivity contribution in [1.29, 1.82) is 0 Å². The fourth-order valence-electron chi connectivity index (χ4n) is 2.66. The number of hydrogen-bond acceptors (Lipinski definition) is 5. The van der Waals surface area contributed by atoms with Crippen molar-refractivity contribution in [2.75, 3.05) is 39.3 Å². The van der Waals surface area contributed by atoms with E-state index in [0.29, 0.717) is 6.54 Å². The molecule has 0 unspecified atom stereocenters. The predicted molar refractivity (Wildman–Crippen MR) is 78.7 cm³/mol. The summed E-state index contributed by atoms with van der Waals surface area (Å²) in [4.78, 5) is 16.4. The number of aryl methyl sites for hydroxylation is 1. The van der Waals surface area contributed by atoms with E-state index in [1.807, 2.05) is 13.0 Å². The van der Waals surface area contributed by atoms with Crippen LogP contribution < -0.4 is 5.32 Å². The minimum atomic E-state index is 0.168. The van der Waals surface area contributed by atoms with Crippen molar-refractivity contribution in [3.8, 4) is 0 Å². The molecule has 1 N–H and O–H groups in total. The number of rotatable bonds is 6. The molecule has 21 heavy (non-hydrogen) atoms. The van der Waals surface area contributed by atoms with Crippen LogP contribution in [-0.2, 0) is 11.3 Å². The molecule has 116 valence electrons. The Morgan fingerprint density at radius 1 is 1.33 bits per heavy atom. The van der Waals surface area contributed by atoms with Crippen LogP contribution in [0.1, 0.15) is 24.3 Å². The lowest BCUT2D eigenvalue weighted by atomic mass is 10.3. The minimum Gasteiger partial charge on any atom is -0.360 e. The van der Waals surface area contributed by atoms with Crippen molar-refractivity contribution >= 4 is 5.91 Å². The number of amides is 1. The van der Waals surface area contributed by atoms with Crippen LogP contribution in [-0.4, -0.2) is 60.1 Å². The third kappa shape index (κ3) is 4.54. The van der Waals surface area contributed by atoms with E-state index in [-0.39, 0.29) is 5.91 Å². The lowest BCUT2D eigenvalue weighted by molar-refractivity contribution is -0.122. The van der Waals surface area contributed by atoms with Gasteiger partial charge in [0.05, 0.1) is 18.8 Å². The van der Waals surface area contributed by atoms with Crippen molar-refractivity contribution in [1.82, 2.24) is 20.3 Å². The molecule has 0 spiro atoms. The number of hydrogen-bond donors (Lipinski definition) is 1. The van der Waals surface area contributed by atoms with Gasteiger partial charge in [-0.2, -0.15) is 0 Å². The van der Waals surface area contributed by atoms with Gasteiger partial charge in [0.2, 0.25) is 5.91 Å². The highest BCUT2D eigenvalue weighted by Crippen LogP contribution is 2.27. The molecule has 1 saturated heterocycles. The maximum atomic E-state index is 11.8. The van der Waals surface area contributed by atoms with Crippen molar-refractivity contribution < 1.29 is 9.32 Å². The molecule has 0 aromatic carbocycles. The number of carbonyl (C=O) groups excluding carboxylic acids is 1. The first-order valence-electron chi connectivity index (χ1n) is 7.82. The fourth-order valence-corrected chi connectivity index (χ4v) is 2.66. The van der Waals surface area contributed by atoms with Crippen LogP contribution in [0.3, 0.4) is 0 Å². The van der Waals surface area contributed by atoms with Crippen molar-refractivity contribution in [2.24, 2.45) is 5.92 Å². The lowest BCUT2D eigenvalue weighted by Crippen LogP contribution is -2.49. The van der Waals surface area contributed by atoms with Crippen molar-refractivity contribution in [3.05, 3.63) is 17.5 Å². The highest BCUT2D eigenvalue weighted by atomic mass is 16.5. The zero-order valence-corrected chi connectivity index (χ0v) is 12.7. The Hall–Kier alpha value is -1.40. The summed E-state index contributed by atoms with van der Waals surface area (Å²) in [7, 11) is 0. The largest absolute Gasteiger partial charge is 0.360 e. The maximum absolute atomic E-state index is 11.8. The molecule has 1 aliphatic heterocycles. The Morgan fingerprint density at radius 2 is 2.05 bits per heavy atom. The molecule has 2 fully saturated rings. The lowest BCUT2D eigenvalue weighted by Gasteiger charge is -2.33. The highest BCUT2D eigenvalue weighted by Gasteiger charge is 2.23. The number of carbonyl (C=O) groups is 1. The summed E-state index contributed by atoms with van der Waals surface area (Å²) in [5, 5.41) is 6.94. The quantitative estimate of drug-likeness (QED) is 0.833. The van der Waals surface area contributed by atoms with E-state index in [4.69, 9.17) is 4.52 Å². The summed E-state index contributed by atoms with van der Waals surface area (Å²) in [6, 6.07) is 1.98. The molecule has 2 heterocycles. The molecule has 1 saturated carbocycles. The Bertz CT molecular complexity index is 476. The van der Waals surface area contributed by atoms with E-state index >= 15 is 0 Å². The first-order chi connectivity index (χ1) is 10.2. The van der Waals surface area contributed by atoms with Gasteiger partial charge in [0.15, 0.2) is 5.76 Å². The van der Waals surface area contributed by atoms with Gasteiger partial charge in [-0.25, -0.2) is 0 Å². The SMILES string of the molecule is Cc1cc(CN2CCN(CC(=O)NCC3CC3)CC2)on1. The van der Waals surface area contributed by atoms with Gasteiger partial charge in [0, 0.05) is 38.8 Å². The second-order valence-electron chi connectivity index (χ2n) is 6.23. The van der Waals surface area contributed by atoms with E-state index < -0.39 is 0 Å². The van der Waals surface area contributed by atoms with Crippen molar-refractivity contribution in [2.45, 2.75) is 26.3 Å². The molecule has 0 radical (unpaired) electrons. The second-order valence-corrected chi connectivity index (χ2v) is 6.23. The van der Waals surface area contributed by atoms with E-state index in [1.54, 1.807) is 0 Å². The van der Waals surface area contributed by atoms with E-state index in [9.17, 15) is 4.79 Å². The summed E-state index contributed by atoms with van der Waals surface area (Å²) < 4.78 is 5.25. The normalized spacial score (nSPS) is 20.6. The molecule has 1 aliphatic carbocycles. The molecule has 6 nitrogen and oxygen atoms in total. The van der Waals surface area contributed by atoms with Gasteiger partial charge < -0.3 is 9.84 Å². The fraction of sp³-hybridized carbons (Fsp3) is 0.733. The first-order valence-corrected chi connectivity index (χ1v) is 7.82. The van der Waals surface area contributed by atoms with Gasteiger partial charge >= 0.3 is 0 Å². The number of aromatic nitrogens is 1. The van der Waals surface area contributed by atoms with Gasteiger partial charge in [-0.3, -0.25) is 14.6 Å². The topological polar surface area (TPSA) is 61.6 Å². The van der Waals surface area contributed by atoms with E-state index in [0.717, 1.165) is 56.6 Å². The Balaban J connectivity index is 1.35. The van der Waals surface area contributed by atoms with Crippen molar-refractivity contribution in [3.63, 3.8) is 0 Å². The van der Waals surface area contributed by atoms with Crippen LogP contribution in [0.2, 0.25) is 0 Å². The second kappa shape index (κ2) is 6.58. The van der Waals surface area contributed by atoms with Gasteiger partial charge in [-0.15, -0.1) is 0 Å². The monoisotopic (exact) mass is 292 g/mol. The van der Waals surface area contributed by atoms with Gasteiger partial charge in [-0.1, -0.05) is 5.16 Å². The molecule has 3 rings (SSSR count). The standard InChI is InChI=1S/C15H24N4O2/c1-12-8-14(21-17-12)10-18-4-6-19(7-5-18)11-15(20)16-9-13-2-3-13/h8,13H,2-7,9-11H2,1H3,(H,16,20). The minimum absolute atomic E-state index is 0.168. The van der Waals surface area contributed by atoms with Gasteiger partial charge in [0.1, 0.15) is 0 Å². The third-order valence-corrected chi connectivity index (χ3v) is 4.17. The average Bonchev–Trinajstić information content (AvgIpc) is 3.21. The van der Waals surface area contributed by atoms with Crippen LogP contribution in [0.15, 0.2) is 10.6 Å². The third-order valence-electron chi connectivity index (χ3n) is 4.17. The Labute approximate surface area is 125 Å². The Kier molecular flexibility index (Phi) is 4.55. The summed E-state index contributed by atoms with van der Waals surface area (Å²) in [5.74, 6) is 1.83. The molecule has 0 bridgehead atoms. The van der Waals surface area contributed by atoms with Crippen LogP contribution in [0, 0.1) is 12.8 Å². The average molecular weight is 292 g/mol. The Morgan fingerprint density at radius 3 is 2.67 bits per heavy atom. The smallest absolute Gasteiger partial charge is 0.234 e. The molecular formula is C15H24N4O2. The zero-order valence-electron chi connectivity index (χ0n) is 12.7. The highest BCUT2D eigenvalue weighted by molar-refractivity contribution is 5.78. The van der Waals surface area contributed by atoms with Crippen LogP contribution in [0.4, 0.5) is 0 Å². The zero-order chi connectivity index (χ0) is 14.7. The molecule has 1 aromatic heterocycles. The first kappa shape index (κ1) is 14.5. The number of nitrogens with zero attached hydrogens (tertiary/aromatic N) is 3. The van der Waals surface area contributed by atoms with E-state index in [2.05, 4.69) is 20.3 Å². The van der Waals surface area contributed by atoms with Crippen LogP contribution in [0.25, 0.3) is 0 Å². The summed E-state index contributed by atoms with van der Waals surface area (Å²) in [5.41, 5.74) is 0.927. The molecule has 2 aliphatic rings. The van der Waals surface area contributed by atoms with E-state index in [1.165, 1.54) is 12.8 Å².